The van der Waals surface area contributed by atoms with Crippen molar-refractivity contribution in [1.82, 2.24) is 21.5 Å². The summed E-state index contributed by atoms with van der Waals surface area (Å²) in [7, 11) is 0. The number of thioether (sulfide) groups is 2. The van der Waals surface area contributed by atoms with Crippen LogP contribution in [0.25, 0.3) is 0 Å². The van der Waals surface area contributed by atoms with Gasteiger partial charge in [0.05, 0.1) is 43.5 Å². The van der Waals surface area contributed by atoms with E-state index in [4.69, 9.17) is 4.74 Å². The van der Waals surface area contributed by atoms with Crippen LogP contribution in [-0.2, 0) is 19.1 Å². The Morgan fingerprint density at radius 2 is 0.647 bits per heavy atom. The molecule has 0 aromatic rings. The van der Waals surface area contributed by atoms with E-state index in [1.54, 1.807) is 72.5 Å². The maximum Gasteiger partial charge on any atom is 0.169 e. The van der Waals surface area contributed by atoms with Crippen LogP contribution in [0.1, 0.15) is 448 Å². The lowest BCUT2D eigenvalue weighted by Gasteiger charge is -2.01. The van der Waals surface area contributed by atoms with Crippen molar-refractivity contribution in [2.24, 2.45) is 54.1 Å². The van der Waals surface area contributed by atoms with Crippen molar-refractivity contribution in [3.63, 3.8) is 0 Å². The maximum absolute atomic E-state index is 4.78. The summed E-state index contributed by atoms with van der Waals surface area (Å²) in [5, 5.41) is 12.9. The number of oxime groups is 2. The van der Waals surface area contributed by atoms with Crippen molar-refractivity contribution in [3.05, 3.63) is 12.3 Å². The van der Waals surface area contributed by atoms with E-state index >= 15 is 0 Å². The van der Waals surface area contributed by atoms with Gasteiger partial charge in [-0.3, -0.25) is 34.9 Å². The number of nitrogens with one attached hydrogen (secondary N) is 4. The smallest absolute Gasteiger partial charge is 0.169 e. The van der Waals surface area contributed by atoms with Gasteiger partial charge < -0.3 is 35.2 Å². The molecular weight excluding hydrogens is 1560 g/mol. The van der Waals surface area contributed by atoms with E-state index in [2.05, 4.69) is 90.0 Å². The summed E-state index contributed by atoms with van der Waals surface area (Å²) in [6, 6.07) is 0. The van der Waals surface area contributed by atoms with Crippen LogP contribution in [0.4, 0.5) is 0 Å². The Labute approximate surface area is 779 Å². The number of rotatable bonds is 0. The van der Waals surface area contributed by atoms with Gasteiger partial charge in [0, 0.05) is 119 Å². The second-order valence-electron chi connectivity index (χ2n) is 13.1. The molecule has 750 valence electrons. The molecule has 4 N–H and O–H groups in total. The van der Waals surface area contributed by atoms with E-state index in [9.17, 15) is 0 Å². The van der Waals surface area contributed by atoms with Crippen LogP contribution in [0.3, 0.4) is 0 Å². The van der Waals surface area contributed by atoms with Crippen molar-refractivity contribution in [3.8, 4) is 0 Å². The second kappa shape index (κ2) is 391. The number of hydrogen-bond donors (Lipinski definition) is 4. The topological polar surface area (TPSA) is 221 Å². The molecule has 12 aliphatic heterocycles. The highest BCUT2D eigenvalue weighted by Gasteiger charge is 1.92. The van der Waals surface area contributed by atoms with Crippen molar-refractivity contribution < 1.29 is 19.1 Å². The van der Waals surface area contributed by atoms with E-state index in [-0.39, 0.29) is 44.6 Å². The fourth-order valence-electron chi connectivity index (χ4n) is 4.18. The standard InChI is InChI=1S/C4H8N2.2C4H7NO.2C4H7NS.C4H7N.2C3H6N2.2C3H5NO.2C3H5NS.24C2H6.6CH4/c2*1-2-5-4-6-3-1;1-2-4-6-5-3-1;1-2-5-4-6-3-1;1-2-4-6-5-3-1;1-2-4-5-3-1;1-2-5-3-4-1;1-2-4-5-3-1;1-2-5-3-4-1;1-2-4-5-3-1;1-2-5-3-4-1;1-2-4-5-3-1;24*1-2;;;;;;/h4H,1-3H2,(H,5,6);4H,1-3H2;3H,1-2,4H2;4H,1-3H2;3H,1-2,4H2;3H,1-2,4H2;3H,1-2H2,(H,4,5);1-2,4-5H,3H2;3H,1-2H2;2H,1,3H2;3H,1-2H2;2H,1,3H2;24*1-2H3;6*1H4. The zero-order valence-corrected chi connectivity index (χ0v) is 89.5. The molecule has 23 heteroatoms. The summed E-state index contributed by atoms with van der Waals surface area (Å²) >= 11 is 6.89. The van der Waals surface area contributed by atoms with E-state index in [1.807, 2.05) is 374 Å². The van der Waals surface area contributed by atoms with Crippen LogP contribution in [0.5, 0.6) is 0 Å². The molecule has 0 unspecified atom stereocenters. The normalized spacial score (nSPS) is 12.2. The van der Waals surface area contributed by atoms with Crippen LogP contribution in [0, 0.1) is 0 Å². The lowest BCUT2D eigenvalue weighted by atomic mass is 10.3. The van der Waals surface area contributed by atoms with Crippen LogP contribution in [0.2, 0.25) is 0 Å². The molecule has 12 heterocycles. The summed E-state index contributed by atoms with van der Waals surface area (Å²) in [5.74, 6) is 4.88. The first-order valence-electron chi connectivity index (χ1n) is 46.5. The van der Waals surface area contributed by atoms with Gasteiger partial charge in [-0.1, -0.05) is 393 Å². The average Bonchev–Trinajstić information content (AvgIpc) is 2.07. The van der Waals surface area contributed by atoms with Crippen molar-refractivity contribution in [2.45, 2.75) is 448 Å². The van der Waals surface area contributed by atoms with Crippen molar-refractivity contribution >= 4 is 115 Å². The van der Waals surface area contributed by atoms with Crippen molar-refractivity contribution in [2.75, 3.05) is 115 Å². The molecule has 0 radical (unpaired) electrons. The Morgan fingerprint density at radius 3 is 0.748 bits per heavy atom. The molecule has 0 amide bonds. The van der Waals surface area contributed by atoms with Crippen LogP contribution in [0.15, 0.2) is 66.3 Å². The number of ether oxygens (including phenoxy) is 2. The summed E-state index contributed by atoms with van der Waals surface area (Å²) in [5.41, 5.74) is 9.49. The van der Waals surface area contributed by atoms with Gasteiger partial charge in [0.25, 0.3) is 0 Å². The third kappa shape index (κ3) is 384. The molecule has 0 fully saturated rings. The zero-order chi connectivity index (χ0) is 94.0. The molecule has 0 bridgehead atoms. The van der Waals surface area contributed by atoms with Crippen LogP contribution < -0.4 is 21.5 Å². The molecule has 0 saturated carbocycles. The Bertz CT molecular complexity index is 1070. The van der Waals surface area contributed by atoms with Crippen LogP contribution in [-0.4, -0.2) is 183 Å². The van der Waals surface area contributed by atoms with Gasteiger partial charge >= 0.3 is 0 Å². The first-order valence-corrected chi connectivity index (χ1v) is 50.5. The van der Waals surface area contributed by atoms with Gasteiger partial charge in [0.2, 0.25) is 0 Å². The zero-order valence-electron chi connectivity index (χ0n) is 86.2. The maximum atomic E-state index is 4.78. The monoisotopic (exact) mass is 1800 g/mol. The predicted octanol–water partition coefficient (Wildman–Crippen LogP) is 34.7. The summed E-state index contributed by atoms with van der Waals surface area (Å²) in [6.07, 6.45) is 32.8. The number of hydrazine groups is 1. The van der Waals surface area contributed by atoms with Gasteiger partial charge in [-0.05, 0) is 87.9 Å². The van der Waals surface area contributed by atoms with Gasteiger partial charge in [0.1, 0.15) is 19.8 Å². The Hall–Kier alpha value is -3.93. The molecule has 0 aromatic heterocycles. The number of hydrogen-bond acceptors (Lipinski definition) is 23. The molecule has 0 spiro atoms. The molecule has 119 heavy (non-hydrogen) atoms. The molecule has 19 nitrogen and oxygen atoms in total. The SMILES string of the molecule is C.C.C.C.C.C.C1=CNNC1.C1=NCCC1.C1=NCCCN1.C1=NCCCO1.C1=NCCCS1.C1=NCCN1.C1=NCCO1.C1=NCCS1.C1=NOCC1.C1=NOCCC1.C1=NSCC1.C1=NSCCC1.CC.CC.CC.CC.CC.CC.CC.CC.CC.CC.CC.CC.CC.CC.CC.CC.CC.CC.CC.CC.CC.CC.CC.CC. The molecule has 0 saturated heterocycles. The molecule has 0 aliphatic carbocycles. The van der Waals surface area contributed by atoms with Gasteiger partial charge in [-0.25, -0.2) is 14.2 Å². The highest BCUT2D eigenvalue weighted by molar-refractivity contribution is 8.12. The predicted molar refractivity (Wildman–Crippen MR) is 601 cm³/mol. The molecular formula is C96H243N15O4S4. The largest absolute Gasteiger partial charge is 0.483 e. The lowest BCUT2D eigenvalue weighted by molar-refractivity contribution is 0.134. The minimum atomic E-state index is 0. The molecule has 12 rings (SSSR count). The van der Waals surface area contributed by atoms with E-state index in [0.29, 0.717) is 0 Å². The first-order chi connectivity index (χ1) is 56.5. The van der Waals surface area contributed by atoms with Gasteiger partial charge in [-0.2, -0.15) is 0 Å². The minimum absolute atomic E-state index is 0. The fourth-order valence-corrected chi connectivity index (χ4v) is 6.46. The van der Waals surface area contributed by atoms with Gasteiger partial charge in [-0.15, -0.1) is 23.5 Å². The minimum Gasteiger partial charge on any atom is -0.483 e. The molecule has 0 aromatic carbocycles. The Kier molecular flexibility index (Phi) is 680. The van der Waals surface area contributed by atoms with Crippen molar-refractivity contribution in [1.29, 1.82) is 0 Å². The summed E-state index contributed by atoms with van der Waals surface area (Å²) in [4.78, 5) is 36.4. The second-order valence-corrected chi connectivity index (χ2v) is 16.7. The van der Waals surface area contributed by atoms with E-state index in [0.717, 1.165) is 118 Å². The summed E-state index contributed by atoms with van der Waals surface area (Å²) < 4.78 is 17.3. The Morgan fingerprint density at radius 1 is 0.269 bits per heavy atom. The first kappa shape index (κ1) is 207. The highest BCUT2D eigenvalue weighted by Crippen LogP contribution is 2.09. The average molecular weight is 1800 g/mol. The number of aliphatic imine (C=N–C) groups is 7. The lowest BCUT2D eigenvalue weighted by Crippen LogP contribution is -2.19. The van der Waals surface area contributed by atoms with E-state index < -0.39 is 0 Å². The fraction of sp³-hybridized carbons (Fsp3) is 0.865. The molecule has 0 atom stereocenters. The number of nitrogens with zero attached hydrogens (tertiary/aromatic N) is 11. The van der Waals surface area contributed by atoms with Crippen LogP contribution >= 0.6 is 47.4 Å². The quantitative estimate of drug-likeness (QED) is 0.166. The molecule has 12 aliphatic rings. The highest BCUT2D eigenvalue weighted by atomic mass is 32.2. The third-order valence-corrected chi connectivity index (χ3v) is 10.4. The summed E-state index contributed by atoms with van der Waals surface area (Å²) in [6.45, 7) is 109. The van der Waals surface area contributed by atoms with Gasteiger partial charge in [0.15, 0.2) is 12.8 Å². The van der Waals surface area contributed by atoms with E-state index in [1.165, 1.54) is 80.8 Å². The Balaban J connectivity index is -0.0000000247. The third-order valence-electron chi connectivity index (χ3n) is 7.41.